The van der Waals surface area contributed by atoms with Crippen LogP contribution in [0.3, 0.4) is 0 Å². The number of nitrogen functional groups attached to an aromatic ring is 1. The Hall–Kier alpha value is -0.840. The quantitative estimate of drug-likeness (QED) is 0.844. The Balaban J connectivity index is 1.86. The molecule has 0 saturated carbocycles. The molecule has 1 aromatic rings. The van der Waals surface area contributed by atoms with Gasteiger partial charge in [0.2, 0.25) is 0 Å². The molecule has 0 radical (unpaired) electrons. The molecule has 3 heterocycles. The summed E-state index contributed by atoms with van der Waals surface area (Å²) >= 11 is 5.94. The van der Waals surface area contributed by atoms with Gasteiger partial charge in [0, 0.05) is 23.7 Å². The SMILES string of the molecule is Nc1ncc(Cl)cc1C(N)C1CC2CCC1O2. The van der Waals surface area contributed by atoms with Crippen LogP contribution in [0.4, 0.5) is 5.82 Å². The summed E-state index contributed by atoms with van der Waals surface area (Å²) in [5, 5.41) is 0.578. The molecule has 0 amide bonds. The van der Waals surface area contributed by atoms with E-state index in [0.29, 0.717) is 22.9 Å². The van der Waals surface area contributed by atoms with Gasteiger partial charge in [-0.15, -0.1) is 0 Å². The first-order valence-corrected chi connectivity index (χ1v) is 6.35. The van der Waals surface area contributed by atoms with Crippen LogP contribution in [-0.2, 0) is 4.74 Å². The zero-order valence-corrected chi connectivity index (χ0v) is 10.2. The first-order valence-electron chi connectivity index (χ1n) is 5.97. The van der Waals surface area contributed by atoms with Crippen molar-refractivity contribution in [2.75, 3.05) is 5.73 Å². The van der Waals surface area contributed by atoms with Crippen molar-refractivity contribution in [1.29, 1.82) is 0 Å². The summed E-state index contributed by atoms with van der Waals surface area (Å²) in [4.78, 5) is 4.06. The molecular formula is C12H16ClN3O. The second-order valence-electron chi connectivity index (χ2n) is 4.93. The van der Waals surface area contributed by atoms with E-state index in [4.69, 9.17) is 27.8 Å². The third-order valence-electron chi connectivity index (χ3n) is 3.89. The molecular weight excluding hydrogens is 238 g/mol. The number of rotatable bonds is 2. The molecule has 0 spiro atoms. The molecule has 4 atom stereocenters. The maximum Gasteiger partial charge on any atom is 0.128 e. The first-order chi connectivity index (χ1) is 8.15. The number of ether oxygens (including phenoxy) is 1. The van der Waals surface area contributed by atoms with E-state index in [-0.39, 0.29) is 12.1 Å². The zero-order valence-electron chi connectivity index (χ0n) is 9.47. The molecule has 4 N–H and O–H groups in total. The fourth-order valence-corrected chi connectivity index (χ4v) is 3.18. The molecule has 5 heteroatoms. The molecule has 4 nitrogen and oxygen atoms in total. The van der Waals surface area contributed by atoms with Crippen LogP contribution in [0.25, 0.3) is 0 Å². The smallest absolute Gasteiger partial charge is 0.128 e. The first kappa shape index (κ1) is 11.3. The summed E-state index contributed by atoms with van der Waals surface area (Å²) in [7, 11) is 0. The minimum atomic E-state index is -0.128. The van der Waals surface area contributed by atoms with Crippen molar-refractivity contribution < 1.29 is 4.74 Å². The van der Waals surface area contributed by atoms with E-state index in [9.17, 15) is 0 Å². The summed E-state index contributed by atoms with van der Waals surface area (Å²) in [6.07, 6.45) is 5.52. The minimum Gasteiger partial charge on any atom is -0.383 e. The number of halogens is 1. The highest BCUT2D eigenvalue weighted by Gasteiger charge is 2.44. The monoisotopic (exact) mass is 253 g/mol. The summed E-state index contributed by atoms with van der Waals surface area (Å²) < 4.78 is 5.82. The van der Waals surface area contributed by atoms with E-state index in [0.717, 1.165) is 24.8 Å². The maximum absolute atomic E-state index is 6.30. The van der Waals surface area contributed by atoms with Crippen molar-refractivity contribution in [3.63, 3.8) is 0 Å². The Morgan fingerprint density at radius 2 is 2.29 bits per heavy atom. The van der Waals surface area contributed by atoms with Crippen LogP contribution in [0.2, 0.25) is 5.02 Å². The van der Waals surface area contributed by atoms with Crippen LogP contribution in [0.15, 0.2) is 12.3 Å². The maximum atomic E-state index is 6.30. The Morgan fingerprint density at radius 1 is 1.47 bits per heavy atom. The van der Waals surface area contributed by atoms with Crippen molar-refractivity contribution in [1.82, 2.24) is 4.98 Å². The number of hydrogen-bond acceptors (Lipinski definition) is 4. The van der Waals surface area contributed by atoms with Crippen molar-refractivity contribution in [2.24, 2.45) is 11.7 Å². The van der Waals surface area contributed by atoms with Gasteiger partial charge in [-0.3, -0.25) is 0 Å². The molecule has 3 rings (SSSR count). The third-order valence-corrected chi connectivity index (χ3v) is 4.10. The average molecular weight is 254 g/mol. The van der Waals surface area contributed by atoms with Crippen molar-refractivity contribution in [3.05, 3.63) is 22.8 Å². The predicted octanol–water partition coefficient (Wildman–Crippen LogP) is 1.88. The minimum absolute atomic E-state index is 0.128. The van der Waals surface area contributed by atoms with Crippen molar-refractivity contribution in [2.45, 2.75) is 37.5 Å². The number of anilines is 1. The Labute approximate surface area is 105 Å². The summed E-state index contributed by atoms with van der Waals surface area (Å²) in [6.45, 7) is 0. The standard InChI is InChI=1S/C12H16ClN3O/c13-6-3-9(12(15)16-5-6)11(14)8-4-7-1-2-10(8)17-7/h3,5,7-8,10-11H,1-2,4,14H2,(H2,15,16). The Kier molecular flexibility index (Phi) is 2.73. The Morgan fingerprint density at radius 3 is 2.94 bits per heavy atom. The van der Waals surface area contributed by atoms with Gasteiger partial charge in [0.25, 0.3) is 0 Å². The third kappa shape index (κ3) is 1.90. The molecule has 4 unspecified atom stereocenters. The molecule has 1 aromatic heterocycles. The summed E-state index contributed by atoms with van der Waals surface area (Å²) in [5.41, 5.74) is 13.0. The fourth-order valence-electron chi connectivity index (χ4n) is 3.02. The van der Waals surface area contributed by atoms with Gasteiger partial charge in [-0.1, -0.05) is 11.6 Å². The second-order valence-corrected chi connectivity index (χ2v) is 5.36. The lowest BCUT2D eigenvalue weighted by Gasteiger charge is -2.26. The zero-order chi connectivity index (χ0) is 12.0. The van der Waals surface area contributed by atoms with Gasteiger partial charge in [-0.2, -0.15) is 0 Å². The number of nitrogens with two attached hydrogens (primary N) is 2. The van der Waals surface area contributed by atoms with Crippen molar-refractivity contribution >= 4 is 17.4 Å². The van der Waals surface area contributed by atoms with Gasteiger partial charge in [-0.25, -0.2) is 4.98 Å². The normalized spacial score (nSPS) is 32.9. The van der Waals surface area contributed by atoms with Gasteiger partial charge >= 0.3 is 0 Å². The van der Waals surface area contributed by atoms with Crippen LogP contribution in [-0.4, -0.2) is 17.2 Å². The van der Waals surface area contributed by atoms with Gasteiger partial charge in [0.05, 0.1) is 17.2 Å². The molecule has 2 saturated heterocycles. The highest BCUT2D eigenvalue weighted by Crippen LogP contribution is 2.44. The van der Waals surface area contributed by atoms with E-state index >= 15 is 0 Å². The largest absolute Gasteiger partial charge is 0.383 e. The number of hydrogen-bond donors (Lipinski definition) is 2. The molecule has 17 heavy (non-hydrogen) atoms. The molecule has 0 aliphatic carbocycles. The lowest BCUT2D eigenvalue weighted by Crippen LogP contribution is -2.30. The average Bonchev–Trinajstić information content (AvgIpc) is 2.93. The molecule has 92 valence electrons. The van der Waals surface area contributed by atoms with E-state index in [1.165, 1.54) is 0 Å². The lowest BCUT2D eigenvalue weighted by molar-refractivity contribution is 0.0885. The second kappa shape index (κ2) is 4.12. The molecule has 2 bridgehead atoms. The van der Waals surface area contributed by atoms with E-state index in [2.05, 4.69) is 4.98 Å². The highest BCUT2D eigenvalue weighted by molar-refractivity contribution is 6.30. The number of nitrogens with zero attached hydrogens (tertiary/aromatic N) is 1. The molecule has 2 aliphatic rings. The van der Waals surface area contributed by atoms with Gasteiger partial charge < -0.3 is 16.2 Å². The number of aromatic nitrogens is 1. The van der Waals surface area contributed by atoms with Crippen LogP contribution >= 0.6 is 11.6 Å². The molecule has 0 aromatic carbocycles. The van der Waals surface area contributed by atoms with Crippen molar-refractivity contribution in [3.8, 4) is 0 Å². The summed E-state index contributed by atoms with van der Waals surface area (Å²) in [6, 6.07) is 1.69. The van der Waals surface area contributed by atoms with E-state index < -0.39 is 0 Å². The van der Waals surface area contributed by atoms with Gasteiger partial charge in [-0.05, 0) is 25.3 Å². The topological polar surface area (TPSA) is 74.2 Å². The van der Waals surface area contributed by atoms with Gasteiger partial charge in [0.1, 0.15) is 5.82 Å². The van der Waals surface area contributed by atoms with E-state index in [1.807, 2.05) is 6.07 Å². The number of fused-ring (bicyclic) bond motifs is 2. The predicted molar refractivity (Wildman–Crippen MR) is 66.6 cm³/mol. The van der Waals surface area contributed by atoms with Crippen LogP contribution in [0.1, 0.15) is 30.9 Å². The molecule has 2 fully saturated rings. The highest BCUT2D eigenvalue weighted by atomic mass is 35.5. The van der Waals surface area contributed by atoms with Crippen LogP contribution in [0, 0.1) is 5.92 Å². The lowest BCUT2D eigenvalue weighted by atomic mass is 9.81. The summed E-state index contributed by atoms with van der Waals surface area (Å²) in [5.74, 6) is 0.820. The fraction of sp³-hybridized carbons (Fsp3) is 0.583. The molecule has 2 aliphatic heterocycles. The van der Waals surface area contributed by atoms with Gasteiger partial charge in [0.15, 0.2) is 0 Å². The van der Waals surface area contributed by atoms with Crippen LogP contribution < -0.4 is 11.5 Å². The van der Waals surface area contributed by atoms with Crippen LogP contribution in [0.5, 0.6) is 0 Å². The number of pyridine rings is 1. The Bertz CT molecular complexity index is 440. The van der Waals surface area contributed by atoms with E-state index in [1.54, 1.807) is 6.20 Å².